The average molecular weight is 338 g/mol. The van der Waals surface area contributed by atoms with Crippen LogP contribution in [0.15, 0.2) is 42.1 Å². The molecular weight excluding hydrogens is 314 g/mol. The van der Waals surface area contributed by atoms with E-state index < -0.39 is 0 Å². The van der Waals surface area contributed by atoms with Gasteiger partial charge in [-0.05, 0) is 73.4 Å². The van der Waals surface area contributed by atoms with Gasteiger partial charge in [-0.25, -0.2) is 0 Å². The number of benzene rings is 1. The van der Waals surface area contributed by atoms with Crippen LogP contribution in [0.3, 0.4) is 0 Å². The first kappa shape index (κ1) is 15.9. The van der Waals surface area contributed by atoms with E-state index in [1.165, 1.54) is 48.1 Å². The number of halogens is 1. The lowest BCUT2D eigenvalue weighted by Gasteiger charge is -2.30. The average Bonchev–Trinajstić information content (AvgIpc) is 2.92. The van der Waals surface area contributed by atoms with Crippen molar-refractivity contribution in [2.24, 2.45) is 5.92 Å². The van der Waals surface area contributed by atoms with E-state index in [1.54, 1.807) is 11.1 Å². The van der Waals surface area contributed by atoms with Crippen LogP contribution in [0, 0.1) is 12.8 Å². The molecule has 2 heteroatoms. The van der Waals surface area contributed by atoms with E-state index in [1.807, 2.05) is 18.3 Å². The van der Waals surface area contributed by atoms with Gasteiger partial charge in [-0.1, -0.05) is 42.7 Å². The maximum atomic E-state index is 6.07. The second-order valence-electron chi connectivity index (χ2n) is 7.21. The molecule has 124 valence electrons. The highest BCUT2D eigenvalue weighted by molar-refractivity contribution is 6.30. The minimum Gasteiger partial charge on any atom is -0.260 e. The summed E-state index contributed by atoms with van der Waals surface area (Å²) in [6.07, 6.45) is 8.16. The Bertz CT molecular complexity index is 788. The van der Waals surface area contributed by atoms with E-state index >= 15 is 0 Å². The highest BCUT2D eigenvalue weighted by Gasteiger charge is 2.38. The lowest BCUT2D eigenvalue weighted by molar-refractivity contribution is 0.414. The Hall–Kier alpha value is -1.60. The Morgan fingerprint density at radius 3 is 2.67 bits per heavy atom. The van der Waals surface area contributed by atoms with Crippen molar-refractivity contribution >= 4 is 17.2 Å². The van der Waals surface area contributed by atoms with Crippen LogP contribution in [0.5, 0.6) is 0 Å². The maximum Gasteiger partial charge on any atom is 0.0553 e. The smallest absolute Gasteiger partial charge is 0.0553 e. The van der Waals surface area contributed by atoms with Gasteiger partial charge in [-0.15, -0.1) is 0 Å². The third-order valence-corrected chi connectivity index (χ3v) is 6.07. The van der Waals surface area contributed by atoms with Crippen LogP contribution >= 0.6 is 11.6 Å². The molecule has 1 aromatic carbocycles. The van der Waals surface area contributed by atoms with Crippen LogP contribution < -0.4 is 0 Å². The second kappa shape index (κ2) is 6.37. The summed E-state index contributed by atoms with van der Waals surface area (Å²) in [5.41, 5.74) is 8.74. The first-order valence-electron chi connectivity index (χ1n) is 9.12. The molecule has 0 saturated heterocycles. The number of aromatic nitrogens is 1. The lowest BCUT2D eigenvalue weighted by Crippen LogP contribution is -2.16. The molecule has 1 nitrogen and oxygen atoms in total. The number of rotatable bonds is 3. The van der Waals surface area contributed by atoms with Crippen LogP contribution in [-0.2, 0) is 6.42 Å². The summed E-state index contributed by atoms with van der Waals surface area (Å²) >= 11 is 6.07. The molecule has 1 saturated carbocycles. The van der Waals surface area contributed by atoms with E-state index in [4.69, 9.17) is 16.6 Å². The zero-order valence-corrected chi connectivity index (χ0v) is 15.2. The molecule has 0 amide bonds. The molecule has 2 aliphatic rings. The van der Waals surface area contributed by atoms with Crippen LogP contribution in [0.25, 0.3) is 5.57 Å². The van der Waals surface area contributed by atoms with Crippen LogP contribution in [-0.4, -0.2) is 4.98 Å². The monoisotopic (exact) mass is 337 g/mol. The van der Waals surface area contributed by atoms with Crippen molar-refractivity contribution in [3.05, 3.63) is 69.5 Å². The second-order valence-corrected chi connectivity index (χ2v) is 7.65. The molecule has 2 atom stereocenters. The van der Waals surface area contributed by atoms with Crippen molar-refractivity contribution in [2.75, 3.05) is 0 Å². The summed E-state index contributed by atoms with van der Waals surface area (Å²) in [5, 5.41) is 0.808. The molecule has 4 rings (SSSR count). The Balaban J connectivity index is 1.84. The number of fused-ring (bicyclic) bond motifs is 3. The van der Waals surface area contributed by atoms with Gasteiger partial charge in [0.05, 0.1) is 5.69 Å². The zero-order chi connectivity index (χ0) is 16.7. The van der Waals surface area contributed by atoms with Crippen molar-refractivity contribution in [3.63, 3.8) is 0 Å². The van der Waals surface area contributed by atoms with Crippen molar-refractivity contribution in [1.82, 2.24) is 4.98 Å². The van der Waals surface area contributed by atoms with E-state index in [9.17, 15) is 0 Å². The SMILES string of the molecule is CCC1CCCC2C1=C(Cc1ccc(Cl)cc1)c1c(C)ccnc12. The standard InChI is InChI=1S/C22H24ClN/c1-3-16-5-4-6-18-21(16)19(13-15-7-9-17(23)10-8-15)20-14(2)11-12-24-22(18)20/h7-12,16,18H,3-6,13H2,1-2H3. The van der Waals surface area contributed by atoms with Gasteiger partial charge < -0.3 is 0 Å². The highest BCUT2D eigenvalue weighted by Crippen LogP contribution is 2.53. The normalized spacial score (nSPS) is 22.5. The Morgan fingerprint density at radius 1 is 1.12 bits per heavy atom. The first-order chi connectivity index (χ1) is 11.7. The summed E-state index contributed by atoms with van der Waals surface area (Å²) in [7, 11) is 0. The number of allylic oxidation sites excluding steroid dienone is 2. The number of hydrogen-bond donors (Lipinski definition) is 0. The molecule has 2 aliphatic carbocycles. The van der Waals surface area contributed by atoms with Gasteiger partial charge in [-0.3, -0.25) is 4.98 Å². The number of hydrogen-bond acceptors (Lipinski definition) is 1. The number of nitrogens with zero attached hydrogens (tertiary/aromatic N) is 1. The largest absolute Gasteiger partial charge is 0.260 e. The summed E-state index contributed by atoms with van der Waals surface area (Å²) in [4.78, 5) is 4.82. The quantitative estimate of drug-likeness (QED) is 0.636. The molecule has 1 fully saturated rings. The molecule has 1 heterocycles. The molecule has 1 aromatic heterocycles. The zero-order valence-electron chi connectivity index (χ0n) is 14.5. The van der Waals surface area contributed by atoms with Crippen molar-refractivity contribution < 1.29 is 0 Å². The molecule has 2 unspecified atom stereocenters. The van der Waals surface area contributed by atoms with Gasteiger partial charge in [0.1, 0.15) is 0 Å². The number of pyridine rings is 1. The van der Waals surface area contributed by atoms with Gasteiger partial charge in [0.15, 0.2) is 0 Å². The lowest BCUT2D eigenvalue weighted by atomic mass is 9.75. The molecule has 2 aromatic rings. The Labute approximate surface area is 149 Å². The van der Waals surface area contributed by atoms with Crippen molar-refractivity contribution in [2.45, 2.75) is 51.9 Å². The highest BCUT2D eigenvalue weighted by atomic mass is 35.5. The fraction of sp³-hybridized carbons (Fsp3) is 0.409. The van der Waals surface area contributed by atoms with Gasteiger partial charge in [0, 0.05) is 22.7 Å². The van der Waals surface area contributed by atoms with Crippen LogP contribution in [0.2, 0.25) is 5.02 Å². The predicted octanol–water partition coefficient (Wildman–Crippen LogP) is 6.35. The summed E-state index contributed by atoms with van der Waals surface area (Å²) in [5.74, 6) is 1.28. The minimum atomic E-state index is 0.556. The van der Waals surface area contributed by atoms with Gasteiger partial charge in [0.2, 0.25) is 0 Å². The van der Waals surface area contributed by atoms with E-state index in [0.717, 1.165) is 17.4 Å². The third-order valence-electron chi connectivity index (χ3n) is 5.82. The Kier molecular flexibility index (Phi) is 4.22. The molecule has 0 radical (unpaired) electrons. The molecule has 0 N–H and O–H groups in total. The third kappa shape index (κ3) is 2.59. The molecular formula is C22H24ClN. The maximum absolute atomic E-state index is 6.07. The van der Waals surface area contributed by atoms with Crippen molar-refractivity contribution in [1.29, 1.82) is 0 Å². The first-order valence-corrected chi connectivity index (χ1v) is 9.50. The van der Waals surface area contributed by atoms with Crippen LogP contribution in [0.1, 0.15) is 60.9 Å². The predicted molar refractivity (Wildman–Crippen MR) is 101 cm³/mol. The summed E-state index contributed by atoms with van der Waals surface area (Å²) in [6.45, 7) is 4.57. The van der Waals surface area contributed by atoms with Gasteiger partial charge in [0.25, 0.3) is 0 Å². The van der Waals surface area contributed by atoms with E-state index in [0.29, 0.717) is 5.92 Å². The van der Waals surface area contributed by atoms with E-state index in [2.05, 4.69) is 32.0 Å². The molecule has 0 spiro atoms. The Morgan fingerprint density at radius 2 is 1.92 bits per heavy atom. The van der Waals surface area contributed by atoms with Gasteiger partial charge in [-0.2, -0.15) is 0 Å². The van der Waals surface area contributed by atoms with E-state index in [-0.39, 0.29) is 0 Å². The fourth-order valence-corrected chi connectivity index (χ4v) is 4.83. The summed E-state index contributed by atoms with van der Waals surface area (Å²) < 4.78 is 0. The molecule has 0 aliphatic heterocycles. The minimum absolute atomic E-state index is 0.556. The van der Waals surface area contributed by atoms with Crippen molar-refractivity contribution in [3.8, 4) is 0 Å². The molecule has 0 bridgehead atoms. The van der Waals surface area contributed by atoms with Gasteiger partial charge >= 0.3 is 0 Å². The summed E-state index contributed by atoms with van der Waals surface area (Å²) in [6, 6.07) is 10.5. The molecule has 24 heavy (non-hydrogen) atoms. The topological polar surface area (TPSA) is 12.9 Å². The van der Waals surface area contributed by atoms with Crippen LogP contribution in [0.4, 0.5) is 0 Å². The number of aryl methyl sites for hydroxylation is 1. The fourth-order valence-electron chi connectivity index (χ4n) is 4.71.